The van der Waals surface area contributed by atoms with Crippen LogP contribution in [0.15, 0.2) is 65.8 Å². The standard InChI is InChI=1S/C27H27ClN4O5/c1-4-36-23-14-19(12-13-22(23)37-16-24(33)30-21-11-6-5-10-20(21)28)15-29-32-27(35)26(34)31-25-17(2)8-7-9-18(25)3/h5-15H,4,16H2,1-3H3,(H,30,33)(H,31,34)(H,32,35)/b29-15-. The molecule has 0 aromatic heterocycles. The van der Waals surface area contributed by atoms with Crippen molar-refractivity contribution >= 4 is 46.9 Å². The largest absolute Gasteiger partial charge is 0.490 e. The van der Waals surface area contributed by atoms with Gasteiger partial charge in [0.2, 0.25) is 0 Å². The average molecular weight is 523 g/mol. The fraction of sp³-hybridized carbons (Fsp3) is 0.185. The zero-order valence-electron chi connectivity index (χ0n) is 20.6. The number of amides is 3. The van der Waals surface area contributed by atoms with Crippen LogP contribution in [0.5, 0.6) is 11.5 Å². The molecule has 37 heavy (non-hydrogen) atoms. The number of ether oxygens (including phenoxy) is 2. The van der Waals surface area contributed by atoms with Crippen LogP contribution in [0.3, 0.4) is 0 Å². The molecule has 0 saturated carbocycles. The lowest BCUT2D eigenvalue weighted by atomic mass is 10.1. The Morgan fingerprint density at radius 3 is 2.32 bits per heavy atom. The number of benzene rings is 3. The zero-order valence-corrected chi connectivity index (χ0v) is 21.4. The Morgan fingerprint density at radius 2 is 1.62 bits per heavy atom. The summed E-state index contributed by atoms with van der Waals surface area (Å²) >= 11 is 6.06. The van der Waals surface area contributed by atoms with Crippen LogP contribution in [0.2, 0.25) is 5.02 Å². The van der Waals surface area contributed by atoms with Gasteiger partial charge < -0.3 is 20.1 Å². The highest BCUT2D eigenvalue weighted by atomic mass is 35.5. The third-order valence-corrected chi connectivity index (χ3v) is 5.41. The van der Waals surface area contributed by atoms with E-state index in [4.69, 9.17) is 21.1 Å². The molecule has 3 aromatic rings. The van der Waals surface area contributed by atoms with Crippen LogP contribution in [0.1, 0.15) is 23.6 Å². The van der Waals surface area contributed by atoms with E-state index in [1.165, 1.54) is 6.21 Å². The van der Waals surface area contributed by atoms with Crippen LogP contribution in [0.4, 0.5) is 11.4 Å². The minimum Gasteiger partial charge on any atom is -0.490 e. The van der Waals surface area contributed by atoms with Gasteiger partial charge in [0.05, 0.1) is 23.5 Å². The van der Waals surface area contributed by atoms with Crippen molar-refractivity contribution in [2.75, 3.05) is 23.8 Å². The van der Waals surface area contributed by atoms with Crippen molar-refractivity contribution in [3.8, 4) is 11.5 Å². The highest BCUT2D eigenvalue weighted by Crippen LogP contribution is 2.28. The molecule has 0 bridgehead atoms. The Bertz CT molecular complexity index is 1310. The molecule has 3 N–H and O–H groups in total. The van der Waals surface area contributed by atoms with Gasteiger partial charge in [-0.05, 0) is 67.8 Å². The van der Waals surface area contributed by atoms with E-state index in [1.54, 1.807) is 42.5 Å². The molecule has 0 aliphatic heterocycles. The predicted octanol–water partition coefficient (Wildman–Crippen LogP) is 4.46. The van der Waals surface area contributed by atoms with Crippen LogP contribution in [0, 0.1) is 13.8 Å². The van der Waals surface area contributed by atoms with Crippen LogP contribution in [-0.2, 0) is 14.4 Å². The van der Waals surface area contributed by atoms with E-state index in [9.17, 15) is 14.4 Å². The van der Waals surface area contributed by atoms with E-state index >= 15 is 0 Å². The molecule has 3 rings (SSSR count). The lowest BCUT2D eigenvalue weighted by molar-refractivity contribution is -0.136. The van der Waals surface area contributed by atoms with Crippen molar-refractivity contribution < 1.29 is 23.9 Å². The summed E-state index contributed by atoms with van der Waals surface area (Å²) in [4.78, 5) is 36.6. The van der Waals surface area contributed by atoms with E-state index < -0.39 is 11.8 Å². The van der Waals surface area contributed by atoms with Crippen molar-refractivity contribution in [2.24, 2.45) is 5.10 Å². The van der Waals surface area contributed by atoms with Gasteiger partial charge in [-0.1, -0.05) is 41.9 Å². The summed E-state index contributed by atoms with van der Waals surface area (Å²) in [5, 5.41) is 9.55. The molecule has 0 aliphatic carbocycles. The molecule has 0 saturated heterocycles. The number of nitrogens with zero attached hydrogens (tertiary/aromatic N) is 1. The van der Waals surface area contributed by atoms with Gasteiger partial charge in [-0.2, -0.15) is 5.10 Å². The Kier molecular flexibility index (Phi) is 9.62. The van der Waals surface area contributed by atoms with Crippen molar-refractivity contribution in [2.45, 2.75) is 20.8 Å². The maximum atomic E-state index is 12.3. The number of halogens is 1. The first-order valence-corrected chi connectivity index (χ1v) is 11.8. The molecule has 0 heterocycles. The van der Waals surface area contributed by atoms with E-state index in [2.05, 4.69) is 21.2 Å². The summed E-state index contributed by atoms with van der Waals surface area (Å²) in [5.41, 5.74) is 5.54. The molecule has 0 spiro atoms. The second-order valence-electron chi connectivity index (χ2n) is 7.88. The molecule has 192 valence electrons. The number of aryl methyl sites for hydroxylation is 2. The second-order valence-corrected chi connectivity index (χ2v) is 8.28. The number of carbonyl (C=O) groups excluding carboxylic acids is 3. The third-order valence-electron chi connectivity index (χ3n) is 5.08. The fourth-order valence-electron chi connectivity index (χ4n) is 3.28. The summed E-state index contributed by atoms with van der Waals surface area (Å²) < 4.78 is 11.2. The molecule has 10 heteroatoms. The molecular weight excluding hydrogens is 496 g/mol. The number of hydrogen-bond donors (Lipinski definition) is 3. The summed E-state index contributed by atoms with van der Waals surface area (Å²) in [7, 11) is 0. The maximum absolute atomic E-state index is 12.3. The fourth-order valence-corrected chi connectivity index (χ4v) is 3.47. The molecule has 3 amide bonds. The number of rotatable bonds is 9. The van der Waals surface area contributed by atoms with Gasteiger partial charge in [-0.3, -0.25) is 14.4 Å². The van der Waals surface area contributed by atoms with E-state index in [0.29, 0.717) is 40.1 Å². The minimum absolute atomic E-state index is 0.260. The van der Waals surface area contributed by atoms with Gasteiger partial charge in [-0.25, -0.2) is 5.43 Å². The normalized spacial score (nSPS) is 10.6. The summed E-state index contributed by atoms with van der Waals surface area (Å²) in [5.74, 6) is -1.39. The van der Waals surface area contributed by atoms with Gasteiger partial charge >= 0.3 is 11.8 Å². The monoisotopic (exact) mass is 522 g/mol. The first kappa shape index (κ1) is 27.2. The Morgan fingerprint density at radius 1 is 0.892 bits per heavy atom. The third kappa shape index (κ3) is 7.81. The first-order valence-electron chi connectivity index (χ1n) is 11.4. The number of hydrazone groups is 1. The summed E-state index contributed by atoms with van der Waals surface area (Å²) in [6, 6.07) is 17.3. The Labute approximate surface area is 219 Å². The Balaban J connectivity index is 1.58. The van der Waals surface area contributed by atoms with Gasteiger partial charge in [0.15, 0.2) is 18.1 Å². The molecule has 0 atom stereocenters. The summed E-state index contributed by atoms with van der Waals surface area (Å²) in [6.07, 6.45) is 1.36. The van der Waals surface area contributed by atoms with Crippen molar-refractivity contribution in [3.05, 3.63) is 82.4 Å². The van der Waals surface area contributed by atoms with Crippen LogP contribution >= 0.6 is 11.6 Å². The highest BCUT2D eigenvalue weighted by molar-refractivity contribution is 6.39. The Hall–Kier alpha value is -4.37. The molecular formula is C27H27ClN4O5. The van der Waals surface area contributed by atoms with Gasteiger partial charge in [0.1, 0.15) is 0 Å². The number of nitrogens with one attached hydrogen (secondary N) is 3. The smallest absolute Gasteiger partial charge is 0.329 e. The predicted molar refractivity (Wildman–Crippen MR) is 143 cm³/mol. The number of anilines is 2. The van der Waals surface area contributed by atoms with Crippen LogP contribution < -0.4 is 25.5 Å². The van der Waals surface area contributed by atoms with Gasteiger partial charge in [0, 0.05) is 5.69 Å². The molecule has 0 fully saturated rings. The molecule has 0 aliphatic rings. The zero-order chi connectivity index (χ0) is 26.8. The van der Waals surface area contributed by atoms with Gasteiger partial charge in [-0.15, -0.1) is 0 Å². The summed E-state index contributed by atoms with van der Waals surface area (Å²) in [6.45, 7) is 5.59. The minimum atomic E-state index is -0.909. The molecule has 9 nitrogen and oxygen atoms in total. The number of carbonyl (C=O) groups is 3. The van der Waals surface area contributed by atoms with Crippen molar-refractivity contribution in [1.82, 2.24) is 5.43 Å². The number of para-hydroxylation sites is 2. The lowest BCUT2D eigenvalue weighted by Gasteiger charge is -2.13. The van der Waals surface area contributed by atoms with Crippen molar-refractivity contribution in [1.29, 1.82) is 0 Å². The van der Waals surface area contributed by atoms with E-state index in [0.717, 1.165) is 11.1 Å². The van der Waals surface area contributed by atoms with Crippen LogP contribution in [0.25, 0.3) is 0 Å². The SMILES string of the molecule is CCOc1cc(/C=N\NC(=O)C(=O)Nc2c(C)cccc2C)ccc1OCC(=O)Nc1ccccc1Cl. The van der Waals surface area contributed by atoms with Gasteiger partial charge in [0.25, 0.3) is 5.91 Å². The van der Waals surface area contributed by atoms with Crippen LogP contribution in [-0.4, -0.2) is 37.1 Å². The topological polar surface area (TPSA) is 118 Å². The first-order chi connectivity index (χ1) is 17.8. The lowest BCUT2D eigenvalue weighted by Crippen LogP contribution is -2.32. The molecule has 0 unspecified atom stereocenters. The van der Waals surface area contributed by atoms with Crippen molar-refractivity contribution in [3.63, 3.8) is 0 Å². The maximum Gasteiger partial charge on any atom is 0.329 e. The van der Waals surface area contributed by atoms with E-state index in [1.807, 2.05) is 39.0 Å². The molecule has 3 aromatic carbocycles. The molecule has 0 radical (unpaired) electrons. The van der Waals surface area contributed by atoms with E-state index in [-0.39, 0.29) is 12.5 Å². The second kappa shape index (κ2) is 13.1. The quantitative estimate of drug-likeness (QED) is 0.218. The highest BCUT2D eigenvalue weighted by Gasteiger charge is 2.15. The number of hydrogen-bond acceptors (Lipinski definition) is 6. The average Bonchev–Trinajstić information content (AvgIpc) is 2.87.